The van der Waals surface area contributed by atoms with Crippen LogP contribution in [0.4, 0.5) is 0 Å². The topological polar surface area (TPSA) is 73.2 Å². The van der Waals surface area contributed by atoms with Gasteiger partial charge in [0.05, 0.1) is 5.69 Å². The number of halogens is 1. The highest BCUT2D eigenvalue weighted by molar-refractivity contribution is 6.32. The zero-order valence-corrected chi connectivity index (χ0v) is 14.7. The number of aromatic nitrogens is 2. The Morgan fingerprint density at radius 3 is 2.65 bits per heavy atom. The molecule has 1 amide bonds. The number of nitrogens with zero attached hydrogens (tertiary/aromatic N) is 2. The second-order valence-electron chi connectivity index (χ2n) is 6.45. The van der Waals surface area contributed by atoms with Crippen molar-refractivity contribution in [3.63, 3.8) is 0 Å². The molecule has 1 aromatic heterocycles. The molecule has 0 bridgehead atoms. The predicted octanol–water partition coefficient (Wildman–Crippen LogP) is 2.72. The molecule has 1 aliphatic rings. The van der Waals surface area contributed by atoms with Crippen molar-refractivity contribution in [3.8, 4) is 0 Å². The first kappa shape index (κ1) is 17.8. The van der Waals surface area contributed by atoms with E-state index < -0.39 is 5.97 Å². The van der Waals surface area contributed by atoms with Crippen LogP contribution >= 0.6 is 11.6 Å². The van der Waals surface area contributed by atoms with Gasteiger partial charge in [0.1, 0.15) is 10.7 Å². The minimum atomic E-state index is -0.607. The van der Waals surface area contributed by atoms with Gasteiger partial charge in [0, 0.05) is 12.6 Å². The molecule has 1 aromatic rings. The summed E-state index contributed by atoms with van der Waals surface area (Å²) in [5, 5.41) is 7.40. The van der Waals surface area contributed by atoms with Crippen LogP contribution in [0, 0.1) is 12.8 Å². The van der Waals surface area contributed by atoms with Crippen molar-refractivity contribution in [1.82, 2.24) is 15.1 Å². The number of carbonyl (C=O) groups is 2. The molecule has 0 saturated heterocycles. The van der Waals surface area contributed by atoms with Crippen LogP contribution in [-0.4, -0.2) is 34.3 Å². The molecule has 1 saturated carbocycles. The molecule has 0 radical (unpaired) electrons. The van der Waals surface area contributed by atoms with Crippen LogP contribution in [0.5, 0.6) is 0 Å². The minimum absolute atomic E-state index is 0.209. The summed E-state index contributed by atoms with van der Waals surface area (Å²) in [7, 11) is 0. The zero-order chi connectivity index (χ0) is 17.0. The van der Waals surface area contributed by atoms with Crippen molar-refractivity contribution in [2.75, 3.05) is 6.61 Å². The average molecular weight is 342 g/mol. The van der Waals surface area contributed by atoms with Crippen molar-refractivity contribution in [1.29, 1.82) is 0 Å². The highest BCUT2D eigenvalue weighted by Crippen LogP contribution is 2.22. The molecule has 0 unspecified atom stereocenters. The Morgan fingerprint density at radius 2 is 2.04 bits per heavy atom. The van der Waals surface area contributed by atoms with E-state index in [1.54, 1.807) is 11.6 Å². The van der Waals surface area contributed by atoms with Crippen molar-refractivity contribution in [3.05, 3.63) is 16.4 Å². The number of amides is 1. The van der Waals surface area contributed by atoms with E-state index in [-0.39, 0.29) is 29.3 Å². The Balaban J connectivity index is 1.92. The first-order chi connectivity index (χ1) is 10.9. The second-order valence-corrected chi connectivity index (χ2v) is 6.81. The van der Waals surface area contributed by atoms with Gasteiger partial charge in [-0.05, 0) is 25.7 Å². The Hall–Kier alpha value is -1.56. The fourth-order valence-corrected chi connectivity index (χ4v) is 3.12. The molecule has 0 aliphatic heterocycles. The summed E-state index contributed by atoms with van der Waals surface area (Å²) in [5.74, 6) is -0.523. The van der Waals surface area contributed by atoms with Crippen LogP contribution in [0.15, 0.2) is 0 Å². The van der Waals surface area contributed by atoms with Gasteiger partial charge < -0.3 is 10.1 Å². The Kier molecular flexibility index (Phi) is 6.04. The fraction of sp³-hybridized carbons (Fsp3) is 0.688. The van der Waals surface area contributed by atoms with Gasteiger partial charge >= 0.3 is 5.97 Å². The quantitative estimate of drug-likeness (QED) is 0.807. The van der Waals surface area contributed by atoms with Crippen molar-refractivity contribution in [2.24, 2.45) is 5.92 Å². The molecule has 128 valence electrons. The normalized spacial score (nSPS) is 15.2. The maximum Gasteiger partial charge on any atom is 0.343 e. The van der Waals surface area contributed by atoms with Gasteiger partial charge in [-0.15, -0.1) is 0 Å². The molecule has 1 N–H and O–H groups in total. The van der Waals surface area contributed by atoms with E-state index in [9.17, 15) is 9.59 Å². The molecular weight excluding hydrogens is 318 g/mol. The summed E-state index contributed by atoms with van der Waals surface area (Å²) in [6, 6.07) is 0.209. The fourth-order valence-electron chi connectivity index (χ4n) is 2.79. The largest absolute Gasteiger partial charge is 0.452 e. The van der Waals surface area contributed by atoms with Gasteiger partial charge in [-0.2, -0.15) is 5.10 Å². The van der Waals surface area contributed by atoms with E-state index in [4.69, 9.17) is 16.3 Å². The first-order valence-corrected chi connectivity index (χ1v) is 8.45. The maximum absolute atomic E-state index is 12.2. The Bertz CT molecular complexity index is 577. The number of hydrogen-bond donors (Lipinski definition) is 1. The van der Waals surface area contributed by atoms with Crippen molar-refractivity contribution >= 4 is 23.5 Å². The summed E-state index contributed by atoms with van der Waals surface area (Å²) < 4.78 is 6.69. The molecule has 0 aromatic carbocycles. The Labute approximate surface area is 141 Å². The first-order valence-electron chi connectivity index (χ1n) is 8.08. The molecule has 1 aliphatic carbocycles. The standard InChI is InChI=1S/C16H24ClN3O3/c1-10(2)8-20-15(17)14(11(3)19-20)16(22)23-9-13(21)18-12-6-4-5-7-12/h10,12H,4-9H2,1-3H3,(H,18,21). The van der Waals surface area contributed by atoms with Crippen LogP contribution in [0.1, 0.15) is 55.6 Å². The number of carbonyl (C=O) groups excluding carboxylic acids is 2. The lowest BCUT2D eigenvalue weighted by Gasteiger charge is -2.12. The summed E-state index contributed by atoms with van der Waals surface area (Å²) in [4.78, 5) is 24.0. The van der Waals surface area contributed by atoms with Crippen LogP contribution in [0.3, 0.4) is 0 Å². The van der Waals surface area contributed by atoms with Gasteiger partial charge in [-0.1, -0.05) is 38.3 Å². The average Bonchev–Trinajstić information content (AvgIpc) is 3.05. The highest BCUT2D eigenvalue weighted by atomic mass is 35.5. The summed E-state index contributed by atoms with van der Waals surface area (Å²) >= 11 is 6.22. The third kappa shape index (κ3) is 4.70. The molecule has 0 spiro atoms. The number of rotatable bonds is 6. The van der Waals surface area contributed by atoms with Crippen molar-refractivity contribution < 1.29 is 14.3 Å². The lowest BCUT2D eigenvalue weighted by atomic mass is 10.2. The van der Waals surface area contributed by atoms with E-state index in [0.717, 1.165) is 25.7 Å². The number of nitrogens with one attached hydrogen (secondary N) is 1. The maximum atomic E-state index is 12.2. The van der Waals surface area contributed by atoms with Gasteiger partial charge in [0.2, 0.25) is 0 Å². The smallest absolute Gasteiger partial charge is 0.343 e. The van der Waals surface area contributed by atoms with E-state index in [1.165, 1.54) is 0 Å². The Morgan fingerprint density at radius 1 is 1.39 bits per heavy atom. The molecular formula is C16H24ClN3O3. The van der Waals surface area contributed by atoms with Crippen LogP contribution in [-0.2, 0) is 16.1 Å². The van der Waals surface area contributed by atoms with Gasteiger partial charge in [0.25, 0.3) is 5.91 Å². The third-order valence-electron chi connectivity index (χ3n) is 3.86. The van der Waals surface area contributed by atoms with Crippen LogP contribution in [0.2, 0.25) is 5.15 Å². The number of esters is 1. The lowest BCUT2D eigenvalue weighted by molar-refractivity contribution is -0.124. The molecule has 1 fully saturated rings. The molecule has 23 heavy (non-hydrogen) atoms. The monoisotopic (exact) mass is 341 g/mol. The zero-order valence-electron chi connectivity index (χ0n) is 13.9. The predicted molar refractivity (Wildman–Crippen MR) is 87.5 cm³/mol. The number of aryl methyl sites for hydroxylation is 1. The van der Waals surface area contributed by atoms with Crippen LogP contribution < -0.4 is 5.32 Å². The van der Waals surface area contributed by atoms with Gasteiger partial charge in [-0.25, -0.2) is 4.79 Å². The van der Waals surface area contributed by atoms with Crippen LogP contribution in [0.25, 0.3) is 0 Å². The molecule has 7 heteroatoms. The second kappa shape index (κ2) is 7.81. The van der Waals surface area contributed by atoms with Gasteiger partial charge in [-0.3, -0.25) is 9.48 Å². The van der Waals surface area contributed by atoms with E-state index in [0.29, 0.717) is 18.2 Å². The molecule has 1 heterocycles. The third-order valence-corrected chi connectivity index (χ3v) is 4.25. The SMILES string of the molecule is Cc1nn(CC(C)C)c(Cl)c1C(=O)OCC(=O)NC1CCCC1. The van der Waals surface area contributed by atoms with Gasteiger partial charge in [0.15, 0.2) is 6.61 Å². The summed E-state index contributed by atoms with van der Waals surface area (Å²) in [6.07, 6.45) is 4.25. The number of hydrogen-bond acceptors (Lipinski definition) is 4. The van der Waals surface area contributed by atoms with Crippen molar-refractivity contribution in [2.45, 2.75) is 59.0 Å². The molecule has 6 nitrogen and oxygen atoms in total. The highest BCUT2D eigenvalue weighted by Gasteiger charge is 2.23. The van der Waals surface area contributed by atoms with E-state index in [1.807, 2.05) is 13.8 Å². The summed E-state index contributed by atoms with van der Waals surface area (Å²) in [6.45, 7) is 6.12. The molecule has 0 atom stereocenters. The van der Waals surface area contributed by atoms with E-state index in [2.05, 4.69) is 10.4 Å². The van der Waals surface area contributed by atoms with E-state index >= 15 is 0 Å². The number of ether oxygens (including phenoxy) is 1. The minimum Gasteiger partial charge on any atom is -0.452 e. The molecule has 2 rings (SSSR count). The lowest BCUT2D eigenvalue weighted by Crippen LogP contribution is -2.35. The summed E-state index contributed by atoms with van der Waals surface area (Å²) in [5.41, 5.74) is 0.748.